The monoisotopic (exact) mass is 438 g/mol. The SMILES string of the molecule is Oc1ccc2c(c1)CC[C@H](c1ccccc1)[C@@H]2c1ccc(N2CCCC3(CCNC3)C2)cc1. The van der Waals surface area contributed by atoms with Crippen LogP contribution in [0.15, 0.2) is 72.8 Å². The van der Waals surface area contributed by atoms with Crippen LogP contribution in [-0.4, -0.2) is 31.3 Å². The van der Waals surface area contributed by atoms with Crippen molar-refractivity contribution in [2.75, 3.05) is 31.1 Å². The largest absolute Gasteiger partial charge is 0.508 e. The second kappa shape index (κ2) is 8.53. The van der Waals surface area contributed by atoms with Crippen LogP contribution in [0, 0.1) is 5.41 Å². The summed E-state index contributed by atoms with van der Waals surface area (Å²) in [5, 5.41) is 13.7. The van der Waals surface area contributed by atoms with Crippen LogP contribution in [0.4, 0.5) is 5.69 Å². The van der Waals surface area contributed by atoms with Gasteiger partial charge in [0.1, 0.15) is 5.75 Å². The van der Waals surface area contributed by atoms with Crippen LogP contribution >= 0.6 is 0 Å². The minimum absolute atomic E-state index is 0.317. The second-order valence-electron chi connectivity index (χ2n) is 10.5. The van der Waals surface area contributed by atoms with E-state index >= 15 is 0 Å². The van der Waals surface area contributed by atoms with Crippen molar-refractivity contribution in [2.24, 2.45) is 5.41 Å². The number of aromatic hydroxyl groups is 1. The van der Waals surface area contributed by atoms with Gasteiger partial charge in [0.25, 0.3) is 0 Å². The highest BCUT2D eigenvalue weighted by atomic mass is 16.3. The average Bonchev–Trinajstić information content (AvgIpc) is 3.31. The van der Waals surface area contributed by atoms with Crippen LogP contribution in [0.25, 0.3) is 0 Å². The van der Waals surface area contributed by atoms with Crippen molar-refractivity contribution < 1.29 is 5.11 Å². The van der Waals surface area contributed by atoms with E-state index in [-0.39, 0.29) is 0 Å². The number of fused-ring (bicyclic) bond motifs is 1. The third-order valence-corrected chi connectivity index (χ3v) is 8.43. The average molecular weight is 439 g/mol. The Balaban J connectivity index is 1.33. The summed E-state index contributed by atoms with van der Waals surface area (Å²) in [4.78, 5) is 2.61. The van der Waals surface area contributed by atoms with Gasteiger partial charge in [0, 0.05) is 36.7 Å². The molecule has 2 saturated heterocycles. The maximum absolute atomic E-state index is 10.1. The Morgan fingerprint density at radius 1 is 0.909 bits per heavy atom. The molecule has 3 aliphatic rings. The van der Waals surface area contributed by atoms with Crippen LogP contribution in [-0.2, 0) is 6.42 Å². The molecule has 2 N–H and O–H groups in total. The fraction of sp³-hybridized carbons (Fsp3) is 0.400. The van der Waals surface area contributed by atoms with Crippen molar-refractivity contribution in [3.8, 4) is 5.75 Å². The molecule has 6 rings (SSSR count). The first kappa shape index (κ1) is 20.8. The number of rotatable bonds is 3. The zero-order valence-corrected chi connectivity index (χ0v) is 19.3. The predicted molar refractivity (Wildman–Crippen MR) is 135 cm³/mol. The Kier molecular flexibility index (Phi) is 5.38. The summed E-state index contributed by atoms with van der Waals surface area (Å²) in [6, 6.07) is 26.4. The molecular formula is C30H34N2O. The van der Waals surface area contributed by atoms with E-state index < -0.39 is 0 Å². The summed E-state index contributed by atoms with van der Waals surface area (Å²) in [5.74, 6) is 1.15. The van der Waals surface area contributed by atoms with Crippen LogP contribution in [0.2, 0.25) is 0 Å². The molecule has 0 saturated carbocycles. The predicted octanol–water partition coefficient (Wildman–Crippen LogP) is 5.83. The summed E-state index contributed by atoms with van der Waals surface area (Å²) in [6.45, 7) is 4.69. The van der Waals surface area contributed by atoms with Gasteiger partial charge in [0.2, 0.25) is 0 Å². The molecule has 3 aromatic rings. The summed E-state index contributed by atoms with van der Waals surface area (Å²) in [5.41, 5.74) is 7.30. The minimum Gasteiger partial charge on any atom is -0.508 e. The molecule has 1 spiro atoms. The fourth-order valence-corrected chi connectivity index (χ4v) is 6.74. The van der Waals surface area contributed by atoms with Crippen molar-refractivity contribution >= 4 is 5.69 Å². The molecule has 0 amide bonds. The van der Waals surface area contributed by atoms with Crippen LogP contribution in [0.1, 0.15) is 59.8 Å². The number of hydrogen-bond donors (Lipinski definition) is 2. The number of phenols is 1. The molecule has 3 heteroatoms. The van der Waals surface area contributed by atoms with Crippen molar-refractivity contribution in [3.63, 3.8) is 0 Å². The van der Waals surface area contributed by atoms with E-state index in [1.54, 1.807) is 0 Å². The molecule has 2 fully saturated rings. The van der Waals surface area contributed by atoms with Crippen LogP contribution in [0.3, 0.4) is 0 Å². The number of aryl methyl sites for hydroxylation is 1. The van der Waals surface area contributed by atoms with Crippen molar-refractivity contribution in [1.29, 1.82) is 0 Å². The molecule has 3 atom stereocenters. The second-order valence-corrected chi connectivity index (χ2v) is 10.5. The molecule has 1 aliphatic carbocycles. The normalized spacial score (nSPS) is 27.0. The Morgan fingerprint density at radius 3 is 2.55 bits per heavy atom. The van der Waals surface area contributed by atoms with E-state index in [9.17, 15) is 5.11 Å². The standard InChI is InChI=1S/C30H34N2O/c33-26-12-14-28-24(19-26)9-13-27(22-5-2-1-3-6-22)29(28)23-7-10-25(11-8-23)32-18-4-15-30(21-32)16-17-31-20-30/h1-3,5-8,10-12,14,19,27,29,31,33H,4,9,13,15-18,20-21H2/t27-,29+,30?/m1/s1. The molecule has 0 radical (unpaired) electrons. The molecule has 3 nitrogen and oxygen atoms in total. The lowest BCUT2D eigenvalue weighted by Gasteiger charge is -2.41. The third-order valence-electron chi connectivity index (χ3n) is 8.43. The molecule has 1 unspecified atom stereocenters. The number of piperidine rings is 1. The number of benzene rings is 3. The molecule has 2 aliphatic heterocycles. The van der Waals surface area contributed by atoms with E-state index in [4.69, 9.17) is 0 Å². The van der Waals surface area contributed by atoms with Gasteiger partial charge in [0.15, 0.2) is 0 Å². The lowest BCUT2D eigenvalue weighted by atomic mass is 9.69. The summed E-state index contributed by atoms with van der Waals surface area (Å²) >= 11 is 0. The van der Waals surface area contributed by atoms with Crippen molar-refractivity contribution in [1.82, 2.24) is 5.32 Å². The van der Waals surface area contributed by atoms with E-state index in [0.29, 0.717) is 23.0 Å². The molecular weight excluding hydrogens is 404 g/mol. The number of anilines is 1. The molecule has 3 aromatic carbocycles. The summed E-state index contributed by atoms with van der Waals surface area (Å²) < 4.78 is 0. The maximum Gasteiger partial charge on any atom is 0.115 e. The highest BCUT2D eigenvalue weighted by Crippen LogP contribution is 2.47. The Morgan fingerprint density at radius 2 is 1.76 bits per heavy atom. The first-order chi connectivity index (χ1) is 16.2. The van der Waals surface area contributed by atoms with Gasteiger partial charge in [-0.1, -0.05) is 48.5 Å². The molecule has 33 heavy (non-hydrogen) atoms. The Bertz CT molecular complexity index is 1100. The topological polar surface area (TPSA) is 35.5 Å². The number of nitrogens with zero attached hydrogens (tertiary/aromatic N) is 1. The first-order valence-electron chi connectivity index (χ1n) is 12.6. The number of nitrogens with one attached hydrogen (secondary N) is 1. The van der Waals surface area contributed by atoms with E-state index in [1.165, 1.54) is 73.4 Å². The van der Waals surface area contributed by atoms with Gasteiger partial charge in [-0.25, -0.2) is 0 Å². The third kappa shape index (κ3) is 3.93. The quantitative estimate of drug-likeness (QED) is 0.540. The number of phenolic OH excluding ortho intramolecular Hbond substituents is 1. The minimum atomic E-state index is 0.317. The van der Waals surface area contributed by atoms with Gasteiger partial charge < -0.3 is 15.3 Å². The smallest absolute Gasteiger partial charge is 0.115 e. The Hall–Kier alpha value is -2.78. The lowest BCUT2D eigenvalue weighted by molar-refractivity contribution is 0.261. The number of hydrogen-bond acceptors (Lipinski definition) is 3. The zero-order chi connectivity index (χ0) is 22.3. The summed E-state index contributed by atoms with van der Waals surface area (Å²) in [7, 11) is 0. The van der Waals surface area contributed by atoms with Gasteiger partial charge in [-0.15, -0.1) is 0 Å². The fourth-order valence-electron chi connectivity index (χ4n) is 6.74. The van der Waals surface area contributed by atoms with E-state index in [1.807, 2.05) is 12.1 Å². The van der Waals surface area contributed by atoms with E-state index in [0.717, 1.165) is 12.8 Å². The molecule has 0 aromatic heterocycles. The van der Waals surface area contributed by atoms with Gasteiger partial charge in [-0.05, 0) is 91.1 Å². The van der Waals surface area contributed by atoms with Crippen molar-refractivity contribution in [3.05, 3.63) is 95.1 Å². The van der Waals surface area contributed by atoms with Gasteiger partial charge in [-0.2, -0.15) is 0 Å². The van der Waals surface area contributed by atoms with Crippen LogP contribution < -0.4 is 10.2 Å². The van der Waals surface area contributed by atoms with Gasteiger partial charge >= 0.3 is 0 Å². The highest BCUT2D eigenvalue weighted by molar-refractivity contribution is 5.53. The molecule has 170 valence electrons. The molecule has 2 heterocycles. The van der Waals surface area contributed by atoms with Gasteiger partial charge in [-0.3, -0.25) is 0 Å². The van der Waals surface area contributed by atoms with Crippen molar-refractivity contribution in [2.45, 2.75) is 43.9 Å². The Labute approximate surface area is 197 Å². The lowest BCUT2D eigenvalue weighted by Crippen LogP contribution is -2.44. The van der Waals surface area contributed by atoms with Gasteiger partial charge in [0.05, 0.1) is 0 Å². The summed E-state index contributed by atoms with van der Waals surface area (Å²) in [6.07, 6.45) is 6.08. The van der Waals surface area contributed by atoms with Crippen LogP contribution in [0.5, 0.6) is 5.75 Å². The van der Waals surface area contributed by atoms with E-state index in [2.05, 4.69) is 70.9 Å². The maximum atomic E-state index is 10.1. The first-order valence-corrected chi connectivity index (χ1v) is 12.6. The highest BCUT2D eigenvalue weighted by Gasteiger charge is 2.38. The zero-order valence-electron chi connectivity index (χ0n) is 19.3. The molecule has 0 bridgehead atoms.